The van der Waals surface area contributed by atoms with Crippen molar-refractivity contribution in [3.8, 4) is 17.3 Å². The predicted molar refractivity (Wildman–Crippen MR) is 70.7 cm³/mol. The normalized spacial score (nSPS) is 10.4. The largest absolute Gasteiger partial charge is 0.383 e. The molecule has 4 heteroatoms. The monoisotopic (exact) mass is 234 g/mol. The lowest BCUT2D eigenvalue weighted by molar-refractivity contribution is 1.31. The van der Waals surface area contributed by atoms with E-state index in [4.69, 9.17) is 11.0 Å². The summed E-state index contributed by atoms with van der Waals surface area (Å²) in [6.45, 7) is 0. The summed E-state index contributed by atoms with van der Waals surface area (Å²) >= 11 is 0. The first-order valence-electron chi connectivity index (χ1n) is 5.52. The molecule has 0 unspecified atom stereocenters. The highest BCUT2D eigenvalue weighted by Gasteiger charge is 2.07. The molecule has 0 fully saturated rings. The van der Waals surface area contributed by atoms with Crippen molar-refractivity contribution in [3.05, 3.63) is 48.2 Å². The van der Waals surface area contributed by atoms with Crippen molar-refractivity contribution >= 4 is 16.7 Å². The molecule has 86 valence electrons. The van der Waals surface area contributed by atoms with E-state index in [9.17, 15) is 0 Å². The molecule has 2 aromatic heterocycles. The summed E-state index contributed by atoms with van der Waals surface area (Å²) in [6, 6.07) is 13.5. The van der Waals surface area contributed by atoms with Gasteiger partial charge in [0, 0.05) is 22.7 Å². The van der Waals surface area contributed by atoms with Gasteiger partial charge in [-0.25, -0.2) is 4.98 Å². The van der Waals surface area contributed by atoms with Crippen LogP contribution in [0.4, 0.5) is 5.82 Å². The molecule has 0 aliphatic heterocycles. The fraction of sp³-hybridized carbons (Fsp3) is 0. The molecule has 0 atom stereocenters. The highest BCUT2D eigenvalue weighted by atomic mass is 14.8. The Balaban J connectivity index is 2.24. The van der Waals surface area contributed by atoms with Crippen LogP contribution in [0.25, 0.3) is 22.2 Å². The Hall–Kier alpha value is -2.80. The van der Waals surface area contributed by atoms with Gasteiger partial charge in [-0.2, -0.15) is 5.26 Å². The number of pyridine rings is 1. The number of hydrogen-bond donors (Lipinski definition) is 2. The summed E-state index contributed by atoms with van der Waals surface area (Å²) < 4.78 is 0. The van der Waals surface area contributed by atoms with Crippen LogP contribution >= 0.6 is 0 Å². The Morgan fingerprint density at radius 3 is 2.83 bits per heavy atom. The molecule has 3 rings (SSSR count). The van der Waals surface area contributed by atoms with Crippen molar-refractivity contribution in [1.82, 2.24) is 9.97 Å². The van der Waals surface area contributed by atoms with E-state index in [1.807, 2.05) is 42.6 Å². The summed E-state index contributed by atoms with van der Waals surface area (Å²) in [6.07, 6.45) is 1.89. The third-order valence-electron chi connectivity index (χ3n) is 2.92. The van der Waals surface area contributed by atoms with Gasteiger partial charge in [0.05, 0.1) is 11.3 Å². The molecule has 2 heterocycles. The summed E-state index contributed by atoms with van der Waals surface area (Å²) in [5.41, 5.74) is 8.98. The lowest BCUT2D eigenvalue weighted by Gasteiger charge is -2.04. The highest BCUT2D eigenvalue weighted by molar-refractivity contribution is 5.94. The van der Waals surface area contributed by atoms with E-state index in [0.29, 0.717) is 5.56 Å². The van der Waals surface area contributed by atoms with Gasteiger partial charge in [-0.15, -0.1) is 0 Å². The molecule has 3 N–H and O–H groups in total. The average Bonchev–Trinajstić information content (AvgIpc) is 2.86. The number of H-pyrrole nitrogens is 1. The molecule has 0 saturated carbocycles. The standard InChI is InChI=1S/C14H10N4/c15-8-9-4-5-13(18-14(9)16)10-2-1-3-12-11(10)6-7-17-12/h1-7,17H,(H2,16,18). The van der Waals surface area contributed by atoms with Gasteiger partial charge in [-0.05, 0) is 24.3 Å². The molecule has 0 radical (unpaired) electrons. The molecule has 0 saturated heterocycles. The predicted octanol–water partition coefficient (Wildman–Crippen LogP) is 2.68. The van der Waals surface area contributed by atoms with Gasteiger partial charge >= 0.3 is 0 Å². The van der Waals surface area contributed by atoms with E-state index in [2.05, 4.69) is 9.97 Å². The van der Waals surface area contributed by atoms with Crippen LogP contribution in [0.1, 0.15) is 5.56 Å². The van der Waals surface area contributed by atoms with E-state index in [1.165, 1.54) is 0 Å². The number of benzene rings is 1. The van der Waals surface area contributed by atoms with Crippen molar-refractivity contribution in [2.24, 2.45) is 0 Å². The number of rotatable bonds is 1. The minimum atomic E-state index is 0.266. The number of nitrogens with zero attached hydrogens (tertiary/aromatic N) is 2. The van der Waals surface area contributed by atoms with Gasteiger partial charge in [-0.3, -0.25) is 0 Å². The van der Waals surface area contributed by atoms with Crippen molar-refractivity contribution in [3.63, 3.8) is 0 Å². The quantitative estimate of drug-likeness (QED) is 0.679. The highest BCUT2D eigenvalue weighted by Crippen LogP contribution is 2.27. The molecule has 18 heavy (non-hydrogen) atoms. The number of nitrogen functional groups attached to an aromatic ring is 1. The van der Waals surface area contributed by atoms with Crippen molar-refractivity contribution < 1.29 is 0 Å². The number of hydrogen-bond acceptors (Lipinski definition) is 3. The van der Waals surface area contributed by atoms with Gasteiger partial charge < -0.3 is 10.7 Å². The molecule has 1 aromatic carbocycles. The Morgan fingerprint density at radius 1 is 1.17 bits per heavy atom. The topological polar surface area (TPSA) is 78.5 Å². The zero-order valence-corrected chi connectivity index (χ0v) is 9.51. The Bertz CT molecular complexity index is 765. The smallest absolute Gasteiger partial charge is 0.142 e. The van der Waals surface area contributed by atoms with Crippen LogP contribution in [-0.2, 0) is 0 Å². The Kier molecular flexibility index (Phi) is 2.24. The number of aromatic nitrogens is 2. The molecule has 0 bridgehead atoms. The average molecular weight is 234 g/mol. The lowest BCUT2D eigenvalue weighted by atomic mass is 10.1. The van der Waals surface area contributed by atoms with Gasteiger partial charge in [0.25, 0.3) is 0 Å². The summed E-state index contributed by atoms with van der Waals surface area (Å²) in [5, 5.41) is 9.94. The zero-order valence-electron chi connectivity index (χ0n) is 9.51. The molecule has 0 spiro atoms. The van der Waals surface area contributed by atoms with Crippen LogP contribution in [0.15, 0.2) is 42.6 Å². The maximum absolute atomic E-state index is 8.84. The molecular weight excluding hydrogens is 224 g/mol. The third-order valence-corrected chi connectivity index (χ3v) is 2.92. The summed E-state index contributed by atoms with van der Waals surface area (Å²) in [4.78, 5) is 7.44. The van der Waals surface area contributed by atoms with E-state index >= 15 is 0 Å². The van der Waals surface area contributed by atoms with Crippen LogP contribution in [0, 0.1) is 11.3 Å². The number of fused-ring (bicyclic) bond motifs is 1. The number of aromatic amines is 1. The summed E-state index contributed by atoms with van der Waals surface area (Å²) in [7, 11) is 0. The second-order valence-corrected chi connectivity index (χ2v) is 3.99. The van der Waals surface area contributed by atoms with Gasteiger partial charge in [0.15, 0.2) is 0 Å². The van der Waals surface area contributed by atoms with E-state index in [-0.39, 0.29) is 5.82 Å². The SMILES string of the molecule is N#Cc1ccc(-c2cccc3[nH]ccc23)nc1N. The van der Waals surface area contributed by atoms with Crippen LogP contribution in [-0.4, -0.2) is 9.97 Å². The lowest BCUT2D eigenvalue weighted by Crippen LogP contribution is -1.96. The summed E-state index contributed by atoms with van der Waals surface area (Å²) in [5.74, 6) is 0.266. The Labute approximate surface area is 104 Å². The molecule has 4 nitrogen and oxygen atoms in total. The molecule has 0 aliphatic carbocycles. The van der Waals surface area contributed by atoms with Crippen LogP contribution in [0.5, 0.6) is 0 Å². The second-order valence-electron chi connectivity index (χ2n) is 3.99. The number of anilines is 1. The van der Waals surface area contributed by atoms with Crippen LogP contribution in [0.3, 0.4) is 0 Å². The van der Waals surface area contributed by atoms with Gasteiger partial charge in [0.1, 0.15) is 11.9 Å². The maximum Gasteiger partial charge on any atom is 0.142 e. The first-order valence-corrected chi connectivity index (χ1v) is 5.52. The Morgan fingerprint density at radius 2 is 2.06 bits per heavy atom. The minimum absolute atomic E-state index is 0.266. The van der Waals surface area contributed by atoms with Gasteiger partial charge in [0.2, 0.25) is 0 Å². The minimum Gasteiger partial charge on any atom is -0.383 e. The van der Waals surface area contributed by atoms with Gasteiger partial charge in [-0.1, -0.05) is 12.1 Å². The first kappa shape index (κ1) is 10.4. The van der Waals surface area contributed by atoms with Crippen molar-refractivity contribution in [2.75, 3.05) is 5.73 Å². The van der Waals surface area contributed by atoms with Crippen molar-refractivity contribution in [1.29, 1.82) is 5.26 Å². The third kappa shape index (κ3) is 1.50. The maximum atomic E-state index is 8.84. The second kappa shape index (κ2) is 3.90. The van der Waals surface area contributed by atoms with Crippen LogP contribution in [0.2, 0.25) is 0 Å². The fourth-order valence-electron chi connectivity index (χ4n) is 2.03. The number of nitriles is 1. The van der Waals surface area contributed by atoms with Crippen LogP contribution < -0.4 is 5.73 Å². The number of nitrogens with two attached hydrogens (primary N) is 1. The first-order chi connectivity index (χ1) is 8.79. The molecule has 0 amide bonds. The van der Waals surface area contributed by atoms with Crippen molar-refractivity contribution in [2.45, 2.75) is 0 Å². The number of nitrogens with one attached hydrogen (secondary N) is 1. The molecular formula is C14H10N4. The molecule has 0 aliphatic rings. The fourth-order valence-corrected chi connectivity index (χ4v) is 2.03. The van der Waals surface area contributed by atoms with E-state index < -0.39 is 0 Å². The van der Waals surface area contributed by atoms with E-state index in [0.717, 1.165) is 22.2 Å². The zero-order chi connectivity index (χ0) is 12.5. The van der Waals surface area contributed by atoms with E-state index in [1.54, 1.807) is 6.07 Å². The molecule has 3 aromatic rings.